The van der Waals surface area contributed by atoms with E-state index in [1.54, 1.807) is 6.33 Å². The van der Waals surface area contributed by atoms with Crippen molar-refractivity contribution in [3.05, 3.63) is 58.6 Å². The summed E-state index contributed by atoms with van der Waals surface area (Å²) in [6, 6.07) is 4.69. The fourth-order valence-electron chi connectivity index (χ4n) is 4.93. The average Bonchev–Trinajstić information content (AvgIpc) is 3.27. The number of allylic oxidation sites excluding steroid dienone is 6. The van der Waals surface area contributed by atoms with Crippen LogP contribution in [0, 0.1) is 17.2 Å². The first-order valence-corrected chi connectivity index (χ1v) is 13.8. The number of nitrogens with one attached hydrogen (secondary N) is 1. The van der Waals surface area contributed by atoms with Gasteiger partial charge in [0.05, 0.1) is 11.8 Å². The van der Waals surface area contributed by atoms with Gasteiger partial charge in [-0.15, -0.1) is 0 Å². The summed E-state index contributed by atoms with van der Waals surface area (Å²) < 4.78 is 13.1. The molecule has 7 nitrogen and oxygen atoms in total. The van der Waals surface area contributed by atoms with E-state index in [2.05, 4.69) is 39.9 Å². The molecule has 0 amide bonds. The number of aromatic nitrogens is 3. The second-order valence-electron chi connectivity index (χ2n) is 9.44. The number of H-pyrrole nitrogens is 1. The summed E-state index contributed by atoms with van der Waals surface area (Å²) in [4.78, 5) is 12.8. The standard InChI is InChI=1S/C27H34N6OS/c1-4-33(32-16-20(3)26-25-12-13-29-27(25)31-18-30-26)23-10-8-21(9-11-23)17-35(34)24-7-5-6-19(2)22(14-24)15-28/h5-7,12-13,16,18,20-21,23H,4,8-11,14,17H2,1-3H3,(H,29,30,31)/b32-16-. The largest absolute Gasteiger partial charge is 0.346 e. The van der Waals surface area contributed by atoms with Crippen molar-refractivity contribution in [3.63, 3.8) is 0 Å². The van der Waals surface area contributed by atoms with Crippen LogP contribution in [0.5, 0.6) is 0 Å². The molecule has 184 valence electrons. The molecule has 0 aliphatic heterocycles. The number of rotatable bonds is 8. The molecule has 0 spiro atoms. The zero-order valence-corrected chi connectivity index (χ0v) is 21.6. The Morgan fingerprint density at radius 2 is 2.14 bits per heavy atom. The Morgan fingerprint density at radius 3 is 2.89 bits per heavy atom. The van der Waals surface area contributed by atoms with Crippen molar-refractivity contribution in [2.75, 3.05) is 12.3 Å². The number of fused-ring (bicyclic) bond motifs is 1. The number of aromatic amines is 1. The number of hydrogen-bond donors (Lipinski definition) is 1. The first-order chi connectivity index (χ1) is 17.0. The van der Waals surface area contributed by atoms with Crippen LogP contribution in [-0.4, -0.2) is 48.7 Å². The lowest BCUT2D eigenvalue weighted by atomic mass is 9.87. The third kappa shape index (κ3) is 5.96. The van der Waals surface area contributed by atoms with Gasteiger partial charge >= 0.3 is 0 Å². The number of nitrogens with zero attached hydrogens (tertiary/aromatic N) is 5. The van der Waals surface area contributed by atoms with Gasteiger partial charge in [-0.3, -0.25) is 9.22 Å². The van der Waals surface area contributed by atoms with E-state index in [9.17, 15) is 9.47 Å². The van der Waals surface area contributed by atoms with Crippen molar-refractivity contribution in [1.82, 2.24) is 20.0 Å². The highest BCUT2D eigenvalue weighted by Crippen LogP contribution is 2.31. The highest BCUT2D eigenvalue weighted by molar-refractivity contribution is 7.89. The van der Waals surface area contributed by atoms with Crippen LogP contribution in [0.4, 0.5) is 0 Å². The van der Waals surface area contributed by atoms with Gasteiger partial charge in [0, 0.05) is 69.8 Å². The molecule has 35 heavy (non-hydrogen) atoms. The molecule has 2 atom stereocenters. The van der Waals surface area contributed by atoms with E-state index >= 15 is 0 Å². The van der Waals surface area contributed by atoms with Gasteiger partial charge in [0.25, 0.3) is 0 Å². The van der Waals surface area contributed by atoms with Crippen LogP contribution in [0.1, 0.15) is 64.5 Å². The second-order valence-corrected chi connectivity index (χ2v) is 11.0. The van der Waals surface area contributed by atoms with Gasteiger partial charge in [0.1, 0.15) is 12.0 Å². The summed E-state index contributed by atoms with van der Waals surface area (Å²) in [7, 11) is -1.05. The summed E-state index contributed by atoms with van der Waals surface area (Å²) in [6.45, 7) is 7.05. The quantitative estimate of drug-likeness (QED) is 0.397. The molecule has 1 saturated carbocycles. The number of hydrazone groups is 1. The van der Waals surface area contributed by atoms with Crippen molar-refractivity contribution >= 4 is 28.0 Å². The first-order valence-electron chi connectivity index (χ1n) is 12.4. The van der Waals surface area contributed by atoms with Crippen LogP contribution in [0.3, 0.4) is 0 Å². The Kier molecular flexibility index (Phi) is 8.29. The first kappa shape index (κ1) is 25.1. The molecule has 4 rings (SSSR count). The van der Waals surface area contributed by atoms with Crippen LogP contribution >= 0.6 is 0 Å². The van der Waals surface area contributed by atoms with Crippen molar-refractivity contribution in [1.29, 1.82) is 5.26 Å². The molecule has 2 unspecified atom stereocenters. The molecular formula is C27H34N6OS. The van der Waals surface area contributed by atoms with Crippen molar-refractivity contribution < 1.29 is 4.21 Å². The van der Waals surface area contributed by atoms with Crippen LogP contribution < -0.4 is 0 Å². The SMILES string of the molecule is CCN(/N=C\C(C)c1ncnc2[nH]ccc12)C1CCC(CS(=O)C2=CC=CC(C)=C(C#N)C2)CC1. The minimum atomic E-state index is -1.05. The normalized spacial score (nSPS) is 22.6. The molecule has 0 saturated heterocycles. The maximum absolute atomic E-state index is 13.1. The van der Waals surface area contributed by atoms with Gasteiger partial charge in [-0.05, 0) is 63.2 Å². The summed E-state index contributed by atoms with van der Waals surface area (Å²) in [5.41, 5.74) is 3.51. The third-order valence-electron chi connectivity index (χ3n) is 7.09. The molecule has 2 aliphatic carbocycles. The van der Waals surface area contributed by atoms with E-state index in [1.165, 1.54) is 0 Å². The van der Waals surface area contributed by atoms with Crippen molar-refractivity contribution in [2.45, 2.75) is 64.8 Å². The lowest BCUT2D eigenvalue weighted by Crippen LogP contribution is -2.35. The Bertz CT molecular complexity index is 1230. The predicted octanol–water partition coefficient (Wildman–Crippen LogP) is 5.36. The van der Waals surface area contributed by atoms with Crippen LogP contribution in [0.2, 0.25) is 0 Å². The molecule has 8 heteroatoms. The summed E-state index contributed by atoms with van der Waals surface area (Å²) in [5, 5.41) is 17.5. The van der Waals surface area contributed by atoms with Crippen LogP contribution in [0.25, 0.3) is 11.0 Å². The minimum Gasteiger partial charge on any atom is -0.346 e. The Hall–Kier alpha value is -3.05. The van der Waals surface area contributed by atoms with Crippen molar-refractivity contribution in [3.8, 4) is 6.07 Å². The maximum Gasteiger partial charge on any atom is 0.140 e. The molecule has 2 aromatic rings. The second kappa shape index (κ2) is 11.6. The average molecular weight is 491 g/mol. The molecule has 2 aliphatic rings. The van der Waals surface area contributed by atoms with Gasteiger partial charge in [-0.2, -0.15) is 10.4 Å². The molecule has 1 N–H and O–H groups in total. The van der Waals surface area contributed by atoms with E-state index < -0.39 is 10.8 Å². The fourth-order valence-corrected chi connectivity index (χ4v) is 6.44. The lowest BCUT2D eigenvalue weighted by Gasteiger charge is -2.34. The van der Waals surface area contributed by atoms with Crippen molar-refractivity contribution in [2.24, 2.45) is 11.0 Å². The molecule has 0 aromatic carbocycles. The third-order valence-corrected chi connectivity index (χ3v) is 8.73. The van der Waals surface area contributed by atoms with Gasteiger partial charge in [-0.1, -0.05) is 19.1 Å². The molecular weight excluding hydrogens is 456 g/mol. The Balaban J connectivity index is 1.31. The molecule has 0 bridgehead atoms. The topological polar surface area (TPSA) is 98.0 Å². The van der Waals surface area contributed by atoms with E-state index in [0.717, 1.165) is 59.4 Å². The van der Waals surface area contributed by atoms with Crippen LogP contribution in [0.15, 0.2) is 58.0 Å². The monoisotopic (exact) mass is 490 g/mol. The summed E-state index contributed by atoms with van der Waals surface area (Å²) >= 11 is 0. The lowest BCUT2D eigenvalue weighted by molar-refractivity contribution is 0.153. The van der Waals surface area contributed by atoms with E-state index in [0.29, 0.717) is 29.7 Å². The number of hydrogen-bond acceptors (Lipinski definition) is 6. The fraction of sp³-hybridized carbons (Fsp3) is 0.481. The zero-order chi connectivity index (χ0) is 24.8. The van der Waals surface area contributed by atoms with Gasteiger partial charge < -0.3 is 4.98 Å². The number of nitriles is 1. The minimum absolute atomic E-state index is 0.0852. The zero-order valence-electron chi connectivity index (χ0n) is 20.8. The summed E-state index contributed by atoms with van der Waals surface area (Å²) in [5.74, 6) is 1.21. The maximum atomic E-state index is 13.1. The molecule has 0 radical (unpaired) electrons. The Labute approximate surface area is 210 Å². The van der Waals surface area contributed by atoms with Crippen LogP contribution in [-0.2, 0) is 10.8 Å². The van der Waals surface area contributed by atoms with E-state index in [-0.39, 0.29) is 5.92 Å². The highest BCUT2D eigenvalue weighted by atomic mass is 32.2. The Morgan fingerprint density at radius 1 is 1.34 bits per heavy atom. The predicted molar refractivity (Wildman–Crippen MR) is 142 cm³/mol. The smallest absolute Gasteiger partial charge is 0.140 e. The van der Waals surface area contributed by atoms with Gasteiger partial charge in [0.15, 0.2) is 0 Å². The van der Waals surface area contributed by atoms with E-state index in [4.69, 9.17) is 5.10 Å². The summed E-state index contributed by atoms with van der Waals surface area (Å²) in [6.07, 6.45) is 16.0. The highest BCUT2D eigenvalue weighted by Gasteiger charge is 2.27. The molecule has 2 aromatic heterocycles. The molecule has 1 fully saturated rings. The van der Waals surface area contributed by atoms with Gasteiger partial charge in [0.2, 0.25) is 0 Å². The molecule has 2 heterocycles. The van der Waals surface area contributed by atoms with E-state index in [1.807, 2.05) is 43.6 Å². The van der Waals surface area contributed by atoms with Gasteiger partial charge in [-0.25, -0.2) is 9.97 Å².